The molecule has 0 bridgehead atoms. The molecule has 3 aromatic heterocycles. The van der Waals surface area contributed by atoms with E-state index >= 15 is 0 Å². The van der Waals surface area contributed by atoms with Crippen LogP contribution in [-0.4, -0.2) is 38.9 Å². The topological polar surface area (TPSA) is 75.2 Å². The first-order chi connectivity index (χ1) is 16.1. The Morgan fingerprint density at radius 3 is 2.45 bits per heavy atom. The van der Waals surface area contributed by atoms with Crippen molar-refractivity contribution in [2.24, 2.45) is 12.8 Å². The third kappa shape index (κ3) is 3.98. The van der Waals surface area contributed by atoms with Crippen LogP contribution in [0.25, 0.3) is 32.9 Å². The third-order valence-corrected chi connectivity index (χ3v) is 7.32. The number of aryl methyl sites for hydroxylation is 1. The minimum atomic E-state index is 0.194. The van der Waals surface area contributed by atoms with Gasteiger partial charge >= 0.3 is 0 Å². The van der Waals surface area contributed by atoms with Crippen LogP contribution in [0, 0.1) is 0 Å². The lowest BCUT2D eigenvalue weighted by molar-refractivity contribution is -0.106. The van der Waals surface area contributed by atoms with Gasteiger partial charge in [0.1, 0.15) is 6.10 Å². The Hall–Kier alpha value is -2.96. The molecule has 2 aliphatic carbocycles. The molecule has 4 aromatic rings. The largest absolute Gasteiger partial charge is 0.474 e. The first kappa shape index (κ1) is 20.6. The summed E-state index contributed by atoms with van der Waals surface area (Å²) >= 11 is 0. The van der Waals surface area contributed by atoms with Crippen LogP contribution in [0.2, 0.25) is 0 Å². The molecule has 2 saturated carbocycles. The predicted octanol–water partition coefficient (Wildman–Crippen LogP) is 4.98. The number of rotatable bonds is 5. The quantitative estimate of drug-likeness (QED) is 0.472. The van der Waals surface area contributed by atoms with E-state index in [1.807, 2.05) is 24.7 Å². The Morgan fingerprint density at radius 1 is 0.848 bits per heavy atom. The number of aromatic nitrogens is 3. The zero-order valence-corrected chi connectivity index (χ0v) is 19.0. The van der Waals surface area contributed by atoms with E-state index < -0.39 is 0 Å². The fraction of sp³-hybridized carbons (Fsp3) is 0.407. The Balaban J connectivity index is 1.09. The molecule has 0 radical (unpaired) electrons. The molecule has 3 heterocycles. The highest BCUT2D eigenvalue weighted by atomic mass is 16.5. The average molecular weight is 443 g/mol. The minimum Gasteiger partial charge on any atom is -0.474 e. The summed E-state index contributed by atoms with van der Waals surface area (Å²) in [7, 11) is 2.10. The third-order valence-electron chi connectivity index (χ3n) is 7.32. The average Bonchev–Trinajstić information content (AvgIpc) is 3.11. The number of ether oxygens (including phenoxy) is 2. The lowest BCUT2D eigenvalue weighted by Crippen LogP contribution is -2.43. The molecule has 33 heavy (non-hydrogen) atoms. The van der Waals surface area contributed by atoms with Gasteiger partial charge in [0.2, 0.25) is 5.88 Å². The highest BCUT2D eigenvalue weighted by Crippen LogP contribution is 2.33. The monoisotopic (exact) mass is 442 g/mol. The highest BCUT2D eigenvalue weighted by Gasteiger charge is 2.34. The number of hydrogen-bond acceptors (Lipinski definition) is 5. The van der Waals surface area contributed by atoms with Crippen molar-refractivity contribution >= 4 is 21.8 Å². The van der Waals surface area contributed by atoms with Crippen molar-refractivity contribution in [1.82, 2.24) is 14.5 Å². The Kier molecular flexibility index (Phi) is 5.27. The van der Waals surface area contributed by atoms with E-state index in [2.05, 4.69) is 51.9 Å². The summed E-state index contributed by atoms with van der Waals surface area (Å²) in [4.78, 5) is 8.87. The summed E-state index contributed by atoms with van der Waals surface area (Å²) in [6.45, 7) is 0. The summed E-state index contributed by atoms with van der Waals surface area (Å²) in [5.74, 6) is 0.683. The van der Waals surface area contributed by atoms with Gasteiger partial charge in [-0.1, -0.05) is 12.1 Å². The van der Waals surface area contributed by atoms with Gasteiger partial charge in [-0.15, -0.1) is 0 Å². The van der Waals surface area contributed by atoms with E-state index in [0.29, 0.717) is 24.1 Å². The van der Waals surface area contributed by atoms with Gasteiger partial charge in [0, 0.05) is 72.4 Å². The molecule has 0 aliphatic heterocycles. The molecule has 0 atom stereocenters. The molecule has 0 amide bonds. The van der Waals surface area contributed by atoms with Crippen LogP contribution in [0.3, 0.4) is 0 Å². The van der Waals surface area contributed by atoms with E-state index in [4.69, 9.17) is 15.2 Å². The highest BCUT2D eigenvalue weighted by molar-refractivity contribution is 6.08. The van der Waals surface area contributed by atoms with E-state index in [9.17, 15) is 0 Å². The summed E-state index contributed by atoms with van der Waals surface area (Å²) in [6, 6.07) is 13.0. The van der Waals surface area contributed by atoms with Crippen molar-refractivity contribution in [1.29, 1.82) is 0 Å². The second-order valence-corrected chi connectivity index (χ2v) is 9.58. The van der Waals surface area contributed by atoms with Gasteiger partial charge in [-0.3, -0.25) is 4.98 Å². The van der Waals surface area contributed by atoms with Crippen LogP contribution in [0.15, 0.2) is 55.0 Å². The lowest BCUT2D eigenvalue weighted by Gasteiger charge is -2.38. The number of nitrogens with zero attached hydrogens (tertiary/aromatic N) is 3. The second kappa shape index (κ2) is 8.43. The molecule has 2 aliphatic rings. The summed E-state index contributed by atoms with van der Waals surface area (Å²) in [5.41, 5.74) is 10.6. The summed E-state index contributed by atoms with van der Waals surface area (Å²) in [5, 5.41) is 2.40. The molecule has 6 nitrogen and oxygen atoms in total. The fourth-order valence-corrected chi connectivity index (χ4v) is 5.25. The van der Waals surface area contributed by atoms with Crippen molar-refractivity contribution < 1.29 is 9.47 Å². The van der Waals surface area contributed by atoms with Gasteiger partial charge in [-0.2, -0.15) is 0 Å². The van der Waals surface area contributed by atoms with Crippen LogP contribution in [0.1, 0.15) is 38.5 Å². The van der Waals surface area contributed by atoms with Crippen LogP contribution >= 0.6 is 0 Å². The molecule has 0 saturated heterocycles. The molecular formula is C27H30N4O2. The smallest absolute Gasteiger partial charge is 0.213 e. The zero-order chi connectivity index (χ0) is 22.4. The maximum absolute atomic E-state index is 6.23. The molecule has 6 heteroatoms. The molecule has 2 N–H and O–H groups in total. The summed E-state index contributed by atoms with van der Waals surface area (Å²) < 4.78 is 14.5. The van der Waals surface area contributed by atoms with Crippen LogP contribution in [0.4, 0.5) is 0 Å². The van der Waals surface area contributed by atoms with Crippen LogP contribution in [0.5, 0.6) is 5.88 Å². The van der Waals surface area contributed by atoms with Crippen molar-refractivity contribution in [3.8, 4) is 17.0 Å². The lowest BCUT2D eigenvalue weighted by atomic mass is 9.89. The first-order valence-corrected chi connectivity index (χ1v) is 12.0. The first-order valence-electron chi connectivity index (χ1n) is 12.0. The van der Waals surface area contributed by atoms with Crippen LogP contribution < -0.4 is 10.5 Å². The van der Waals surface area contributed by atoms with Crippen LogP contribution in [-0.2, 0) is 11.8 Å². The molecule has 0 unspecified atom stereocenters. The molecule has 0 spiro atoms. The molecule has 2 fully saturated rings. The van der Waals surface area contributed by atoms with E-state index in [1.165, 1.54) is 21.8 Å². The standard InChI is InChI=1S/C27H30N4O2/c1-31-25-10-11-29-16-24(25)23-8-2-17(12-26(23)31)18-3-9-27(30-15-18)33-22-13-21(14-22)32-20-6-4-19(28)5-7-20/h2-3,8-12,15-16,19-22H,4-7,13-14,28H2,1H3/t19-,20-,21-,22-. The number of nitrogens with two attached hydrogens (primary N) is 1. The predicted molar refractivity (Wildman–Crippen MR) is 130 cm³/mol. The van der Waals surface area contributed by atoms with Crippen molar-refractivity contribution in [2.75, 3.05) is 0 Å². The maximum Gasteiger partial charge on any atom is 0.213 e. The molecular weight excluding hydrogens is 412 g/mol. The van der Waals surface area contributed by atoms with Gasteiger partial charge in [0.25, 0.3) is 0 Å². The van der Waals surface area contributed by atoms with E-state index in [0.717, 1.165) is 49.7 Å². The van der Waals surface area contributed by atoms with Gasteiger partial charge in [-0.05, 0) is 49.4 Å². The molecule has 170 valence electrons. The van der Waals surface area contributed by atoms with Gasteiger partial charge in [-0.25, -0.2) is 4.98 Å². The zero-order valence-electron chi connectivity index (χ0n) is 19.0. The Labute approximate surface area is 193 Å². The summed E-state index contributed by atoms with van der Waals surface area (Å²) in [6.07, 6.45) is 12.8. The number of pyridine rings is 2. The van der Waals surface area contributed by atoms with Gasteiger partial charge in [0.15, 0.2) is 0 Å². The SMILES string of the molecule is Cn1c2ccncc2c2ccc(-c3ccc(O[C@H]4C[C@H](O[C@H]5CC[C@H](N)CC5)C4)nc3)cc21. The Morgan fingerprint density at radius 2 is 1.67 bits per heavy atom. The van der Waals surface area contributed by atoms with Crippen molar-refractivity contribution in [3.05, 3.63) is 55.0 Å². The van der Waals surface area contributed by atoms with Crippen molar-refractivity contribution in [2.45, 2.75) is 62.9 Å². The van der Waals surface area contributed by atoms with Gasteiger partial charge in [0.05, 0.1) is 17.7 Å². The van der Waals surface area contributed by atoms with Gasteiger partial charge < -0.3 is 19.8 Å². The second-order valence-electron chi connectivity index (χ2n) is 9.58. The minimum absolute atomic E-state index is 0.194. The van der Waals surface area contributed by atoms with Crippen molar-refractivity contribution in [3.63, 3.8) is 0 Å². The Bertz CT molecular complexity index is 1270. The molecule has 6 rings (SSSR count). The fourth-order valence-electron chi connectivity index (χ4n) is 5.25. The number of benzene rings is 1. The molecule has 1 aromatic carbocycles. The number of fused-ring (bicyclic) bond motifs is 3. The number of hydrogen-bond donors (Lipinski definition) is 1. The normalized spacial score (nSPS) is 25.3. The van der Waals surface area contributed by atoms with E-state index in [-0.39, 0.29) is 6.10 Å². The van der Waals surface area contributed by atoms with E-state index in [1.54, 1.807) is 0 Å². The maximum atomic E-state index is 6.23.